The fourth-order valence-corrected chi connectivity index (χ4v) is 1.87. The lowest BCUT2D eigenvalue weighted by Crippen LogP contribution is -2.25. The highest BCUT2D eigenvalue weighted by molar-refractivity contribution is 7.53. The molecule has 0 heterocycles. The van der Waals surface area contributed by atoms with Gasteiger partial charge in [-0.15, -0.1) is 0 Å². The summed E-state index contributed by atoms with van der Waals surface area (Å²) in [5, 5.41) is 2.32. The SMILES string of the molecule is COP(=O)(CNC(=O)OCc1ccccc1)OC. The summed E-state index contributed by atoms with van der Waals surface area (Å²) in [5.74, 6) is 0. The smallest absolute Gasteiger partial charge is 0.408 e. The lowest BCUT2D eigenvalue weighted by molar-refractivity contribution is 0.140. The van der Waals surface area contributed by atoms with Crippen LogP contribution in [0.5, 0.6) is 0 Å². The largest absolute Gasteiger partial charge is 0.445 e. The molecule has 0 aliphatic heterocycles. The second-order valence-corrected chi connectivity index (χ2v) is 5.64. The Kier molecular flexibility index (Phi) is 5.85. The Morgan fingerprint density at radius 3 is 2.39 bits per heavy atom. The van der Waals surface area contributed by atoms with Gasteiger partial charge < -0.3 is 19.1 Å². The molecule has 1 amide bonds. The van der Waals surface area contributed by atoms with Crippen LogP contribution in [0, 0.1) is 0 Å². The van der Waals surface area contributed by atoms with Crippen LogP contribution in [0.2, 0.25) is 0 Å². The first-order valence-corrected chi connectivity index (χ1v) is 6.97. The van der Waals surface area contributed by atoms with Crippen molar-refractivity contribution < 1.29 is 23.1 Å². The van der Waals surface area contributed by atoms with Gasteiger partial charge in [0.15, 0.2) is 0 Å². The van der Waals surface area contributed by atoms with E-state index in [9.17, 15) is 9.36 Å². The van der Waals surface area contributed by atoms with Gasteiger partial charge >= 0.3 is 13.7 Å². The molecule has 1 rings (SSSR count). The van der Waals surface area contributed by atoms with Gasteiger partial charge in [0.1, 0.15) is 12.9 Å². The molecule has 0 radical (unpaired) electrons. The highest BCUT2D eigenvalue weighted by Crippen LogP contribution is 2.44. The molecule has 7 heteroatoms. The van der Waals surface area contributed by atoms with Gasteiger partial charge in [0.2, 0.25) is 0 Å². The van der Waals surface area contributed by atoms with Crippen LogP contribution in [0.15, 0.2) is 30.3 Å². The van der Waals surface area contributed by atoms with E-state index in [1.165, 1.54) is 14.2 Å². The number of amides is 1. The normalized spacial score (nSPS) is 11.0. The van der Waals surface area contributed by atoms with Crippen LogP contribution in [0.25, 0.3) is 0 Å². The average Bonchev–Trinajstić information content (AvgIpc) is 2.43. The van der Waals surface area contributed by atoms with Gasteiger partial charge in [0, 0.05) is 14.2 Å². The van der Waals surface area contributed by atoms with Crippen molar-refractivity contribution in [2.45, 2.75) is 6.61 Å². The van der Waals surface area contributed by atoms with Gasteiger partial charge in [0.05, 0.1) is 0 Å². The minimum absolute atomic E-state index is 0.150. The van der Waals surface area contributed by atoms with E-state index in [2.05, 4.69) is 14.4 Å². The van der Waals surface area contributed by atoms with Crippen LogP contribution in [0.4, 0.5) is 4.79 Å². The van der Waals surface area contributed by atoms with Crippen LogP contribution in [0.3, 0.4) is 0 Å². The number of hydrogen-bond donors (Lipinski definition) is 1. The molecular weight excluding hydrogens is 257 g/mol. The summed E-state index contributed by atoms with van der Waals surface area (Å²) in [7, 11) is -0.740. The molecule has 1 aromatic rings. The van der Waals surface area contributed by atoms with Crippen LogP contribution in [-0.4, -0.2) is 26.6 Å². The summed E-state index contributed by atoms with van der Waals surface area (Å²) in [6, 6.07) is 9.24. The number of hydrogen-bond acceptors (Lipinski definition) is 5. The first-order chi connectivity index (χ1) is 8.59. The van der Waals surface area contributed by atoms with Gasteiger partial charge in [-0.05, 0) is 5.56 Å². The van der Waals surface area contributed by atoms with Gasteiger partial charge in [-0.1, -0.05) is 30.3 Å². The van der Waals surface area contributed by atoms with Crippen LogP contribution >= 0.6 is 7.60 Å². The minimum Gasteiger partial charge on any atom is -0.445 e. The van der Waals surface area contributed by atoms with Crippen molar-refractivity contribution in [1.82, 2.24) is 5.32 Å². The zero-order valence-corrected chi connectivity index (χ0v) is 11.2. The summed E-state index contributed by atoms with van der Waals surface area (Å²) < 4.78 is 25.9. The summed E-state index contributed by atoms with van der Waals surface area (Å²) >= 11 is 0. The van der Waals surface area contributed by atoms with Gasteiger partial charge in [-0.25, -0.2) is 4.79 Å². The molecule has 0 fully saturated rings. The van der Waals surface area contributed by atoms with E-state index in [0.29, 0.717) is 0 Å². The third-order valence-corrected chi connectivity index (χ3v) is 3.84. The third-order valence-electron chi connectivity index (χ3n) is 2.19. The number of ether oxygens (including phenoxy) is 1. The Morgan fingerprint density at radius 1 is 1.22 bits per heavy atom. The average molecular weight is 273 g/mol. The highest BCUT2D eigenvalue weighted by Gasteiger charge is 2.22. The Bertz CT molecular complexity index is 415. The van der Waals surface area contributed by atoms with Gasteiger partial charge in [-0.2, -0.15) is 0 Å². The molecule has 18 heavy (non-hydrogen) atoms. The molecule has 1 aromatic carbocycles. The van der Waals surface area contributed by atoms with Crippen molar-refractivity contribution in [1.29, 1.82) is 0 Å². The van der Waals surface area contributed by atoms with E-state index in [1.807, 2.05) is 30.3 Å². The monoisotopic (exact) mass is 273 g/mol. The van der Waals surface area contributed by atoms with Gasteiger partial charge in [0.25, 0.3) is 0 Å². The Morgan fingerprint density at radius 2 is 1.83 bits per heavy atom. The summed E-state index contributed by atoms with van der Waals surface area (Å²) in [5.41, 5.74) is 0.870. The zero-order valence-electron chi connectivity index (χ0n) is 10.3. The number of nitrogens with one attached hydrogen (secondary N) is 1. The number of carbonyl (C=O) groups excluding carboxylic acids is 1. The van der Waals surface area contributed by atoms with E-state index >= 15 is 0 Å². The molecule has 0 saturated carbocycles. The Balaban J connectivity index is 2.32. The molecule has 0 aliphatic carbocycles. The van der Waals surface area contributed by atoms with Crippen molar-refractivity contribution in [3.8, 4) is 0 Å². The van der Waals surface area contributed by atoms with Crippen molar-refractivity contribution >= 4 is 13.7 Å². The first kappa shape index (κ1) is 14.7. The van der Waals surface area contributed by atoms with Crippen molar-refractivity contribution in [2.24, 2.45) is 0 Å². The minimum atomic E-state index is -3.24. The molecule has 100 valence electrons. The molecular formula is C11H16NO5P. The fraction of sp³-hybridized carbons (Fsp3) is 0.364. The topological polar surface area (TPSA) is 73.9 Å². The summed E-state index contributed by atoms with van der Waals surface area (Å²) in [6.07, 6.45) is -0.902. The lowest BCUT2D eigenvalue weighted by atomic mass is 10.2. The molecule has 0 atom stereocenters. The molecule has 0 saturated heterocycles. The molecule has 0 aliphatic rings. The Labute approximate surface area is 106 Å². The maximum absolute atomic E-state index is 11.6. The molecule has 6 nitrogen and oxygen atoms in total. The van der Waals surface area contributed by atoms with E-state index in [0.717, 1.165) is 5.56 Å². The predicted octanol–water partition coefficient (Wildman–Crippen LogP) is 2.36. The van der Waals surface area contributed by atoms with E-state index < -0.39 is 13.7 Å². The summed E-state index contributed by atoms with van der Waals surface area (Å²) in [6.45, 7) is 0.150. The number of carbonyl (C=O) groups is 1. The van der Waals surface area contributed by atoms with Crippen molar-refractivity contribution in [3.63, 3.8) is 0 Å². The van der Waals surface area contributed by atoms with Crippen molar-refractivity contribution in [2.75, 3.05) is 20.5 Å². The first-order valence-electron chi connectivity index (χ1n) is 5.25. The molecule has 0 spiro atoms. The number of benzene rings is 1. The zero-order chi connectivity index (χ0) is 13.4. The van der Waals surface area contributed by atoms with Crippen LogP contribution in [0.1, 0.15) is 5.56 Å². The second-order valence-electron chi connectivity index (χ2n) is 3.37. The predicted molar refractivity (Wildman–Crippen MR) is 66.3 cm³/mol. The summed E-state index contributed by atoms with van der Waals surface area (Å²) in [4.78, 5) is 11.3. The van der Waals surface area contributed by atoms with Gasteiger partial charge in [-0.3, -0.25) is 4.57 Å². The third kappa shape index (κ3) is 4.87. The second kappa shape index (κ2) is 7.16. The molecule has 1 N–H and O–H groups in total. The van der Waals surface area contributed by atoms with Crippen LogP contribution in [-0.2, 0) is 25.0 Å². The van der Waals surface area contributed by atoms with Crippen molar-refractivity contribution in [3.05, 3.63) is 35.9 Å². The standard InChI is InChI=1S/C11H16NO5P/c1-15-18(14,16-2)9-12-11(13)17-8-10-6-4-3-5-7-10/h3-7H,8-9H2,1-2H3,(H,12,13). The number of alkyl carbamates (subject to hydrolysis) is 1. The molecule has 0 aromatic heterocycles. The lowest BCUT2D eigenvalue weighted by Gasteiger charge is -2.14. The maximum atomic E-state index is 11.6. The van der Waals surface area contributed by atoms with E-state index in [4.69, 9.17) is 4.74 Å². The van der Waals surface area contributed by atoms with E-state index in [1.54, 1.807) is 0 Å². The molecule has 0 unspecified atom stereocenters. The quantitative estimate of drug-likeness (QED) is 0.805. The molecule has 0 bridgehead atoms. The highest BCUT2D eigenvalue weighted by atomic mass is 31.2. The number of rotatable bonds is 6. The fourth-order valence-electron chi connectivity index (χ4n) is 1.14. The maximum Gasteiger partial charge on any atom is 0.408 e. The van der Waals surface area contributed by atoms with E-state index in [-0.39, 0.29) is 12.9 Å². The Hall–Kier alpha value is -1.36. The van der Waals surface area contributed by atoms with Crippen LogP contribution < -0.4 is 5.32 Å².